The van der Waals surface area contributed by atoms with Crippen LogP contribution in [0.25, 0.3) is 0 Å². The highest BCUT2D eigenvalue weighted by atomic mass is 19.1. The van der Waals surface area contributed by atoms with Gasteiger partial charge in [0.25, 0.3) is 5.91 Å². The first-order valence-electron chi connectivity index (χ1n) is 7.90. The Hall–Kier alpha value is -2.96. The minimum Gasteiger partial charge on any atom is -0.481 e. The summed E-state index contributed by atoms with van der Waals surface area (Å²) >= 11 is 0. The molecule has 130 valence electrons. The third kappa shape index (κ3) is 3.31. The molecule has 1 amide bonds. The largest absolute Gasteiger partial charge is 0.481 e. The molecular weight excluding hydrogens is 325 g/mol. The van der Waals surface area contributed by atoms with Crippen molar-refractivity contribution in [1.82, 2.24) is 9.88 Å². The molecule has 6 nitrogen and oxygen atoms in total. The van der Waals surface area contributed by atoms with Gasteiger partial charge in [-0.25, -0.2) is 9.37 Å². The number of carbonyl (C=O) groups excluding carboxylic acids is 1. The van der Waals surface area contributed by atoms with Crippen LogP contribution in [0, 0.1) is 11.2 Å². The lowest BCUT2D eigenvalue weighted by Gasteiger charge is -2.21. The Bertz CT molecular complexity index is 827. The second-order valence-electron chi connectivity index (χ2n) is 6.35. The highest BCUT2D eigenvalue weighted by Gasteiger charge is 2.42. The molecule has 1 unspecified atom stereocenters. The van der Waals surface area contributed by atoms with Gasteiger partial charge in [-0.1, -0.05) is 12.1 Å². The van der Waals surface area contributed by atoms with E-state index in [4.69, 9.17) is 0 Å². The van der Waals surface area contributed by atoms with Crippen LogP contribution in [0.5, 0.6) is 0 Å². The van der Waals surface area contributed by atoms with Gasteiger partial charge in [0.15, 0.2) is 0 Å². The van der Waals surface area contributed by atoms with E-state index >= 15 is 0 Å². The van der Waals surface area contributed by atoms with Crippen molar-refractivity contribution < 1.29 is 19.1 Å². The average Bonchev–Trinajstić information content (AvgIpc) is 3.01. The van der Waals surface area contributed by atoms with Gasteiger partial charge < -0.3 is 15.3 Å². The number of aliphatic carboxylic acids is 1. The Labute approximate surface area is 144 Å². The number of nitrogens with one attached hydrogen (secondary N) is 1. The minimum absolute atomic E-state index is 0.134. The molecule has 7 heteroatoms. The third-order valence-electron chi connectivity index (χ3n) is 4.44. The first-order valence-corrected chi connectivity index (χ1v) is 7.90. The Morgan fingerprint density at radius 3 is 2.72 bits per heavy atom. The number of para-hydroxylation sites is 1. The maximum absolute atomic E-state index is 13.8. The molecule has 2 N–H and O–H groups in total. The van der Waals surface area contributed by atoms with Crippen molar-refractivity contribution in [3.8, 4) is 0 Å². The Morgan fingerprint density at radius 2 is 2.04 bits per heavy atom. The molecule has 25 heavy (non-hydrogen) atoms. The van der Waals surface area contributed by atoms with Crippen LogP contribution in [-0.4, -0.2) is 40.0 Å². The molecule has 0 bridgehead atoms. The van der Waals surface area contributed by atoms with Gasteiger partial charge in [0, 0.05) is 19.3 Å². The highest BCUT2D eigenvalue weighted by molar-refractivity contribution is 6.00. The standard InChI is InChI=1S/C18H18FN3O3/c1-18(17(24)25)8-10-22(11-18)16(23)12-5-4-9-20-15(12)21-14-7-3-2-6-13(14)19/h2-7,9H,8,10-11H2,1H3,(H,20,21)(H,24,25). The lowest BCUT2D eigenvalue weighted by Crippen LogP contribution is -2.35. The van der Waals surface area contributed by atoms with Crippen LogP contribution in [-0.2, 0) is 4.79 Å². The van der Waals surface area contributed by atoms with Crippen LogP contribution in [0.15, 0.2) is 42.6 Å². The SMILES string of the molecule is CC1(C(=O)O)CCN(C(=O)c2cccnc2Nc2ccccc2F)C1. The fraction of sp³-hybridized carbons (Fsp3) is 0.278. The second kappa shape index (κ2) is 6.51. The summed E-state index contributed by atoms with van der Waals surface area (Å²) in [5.41, 5.74) is -0.454. The molecule has 1 aliphatic rings. The lowest BCUT2D eigenvalue weighted by atomic mass is 9.90. The summed E-state index contributed by atoms with van der Waals surface area (Å²) in [6.07, 6.45) is 1.90. The summed E-state index contributed by atoms with van der Waals surface area (Å²) in [4.78, 5) is 29.8. The van der Waals surface area contributed by atoms with E-state index in [9.17, 15) is 19.1 Å². The molecule has 1 aromatic carbocycles. The van der Waals surface area contributed by atoms with Crippen molar-refractivity contribution >= 4 is 23.4 Å². The van der Waals surface area contributed by atoms with Gasteiger partial charge in [-0.3, -0.25) is 9.59 Å². The molecule has 0 saturated carbocycles. The van der Waals surface area contributed by atoms with Crippen LogP contribution < -0.4 is 5.32 Å². The summed E-state index contributed by atoms with van der Waals surface area (Å²) in [7, 11) is 0. The van der Waals surface area contributed by atoms with Crippen molar-refractivity contribution in [2.24, 2.45) is 5.41 Å². The second-order valence-corrected chi connectivity index (χ2v) is 6.35. The van der Waals surface area contributed by atoms with Crippen molar-refractivity contribution in [2.75, 3.05) is 18.4 Å². The molecule has 1 aliphatic heterocycles. The monoisotopic (exact) mass is 343 g/mol. The lowest BCUT2D eigenvalue weighted by molar-refractivity contribution is -0.147. The summed E-state index contributed by atoms with van der Waals surface area (Å²) < 4.78 is 13.8. The number of aromatic nitrogens is 1. The van der Waals surface area contributed by atoms with Crippen molar-refractivity contribution in [2.45, 2.75) is 13.3 Å². The number of carboxylic acids is 1. The van der Waals surface area contributed by atoms with Crippen LogP contribution >= 0.6 is 0 Å². The maximum Gasteiger partial charge on any atom is 0.311 e. The number of nitrogens with zero attached hydrogens (tertiary/aromatic N) is 2. The summed E-state index contributed by atoms with van der Waals surface area (Å²) in [6, 6.07) is 9.32. The zero-order valence-electron chi connectivity index (χ0n) is 13.7. The topological polar surface area (TPSA) is 82.5 Å². The molecule has 1 aromatic heterocycles. The van der Waals surface area contributed by atoms with Crippen LogP contribution in [0.4, 0.5) is 15.9 Å². The molecule has 1 saturated heterocycles. The molecule has 0 radical (unpaired) electrons. The van der Waals surface area contributed by atoms with E-state index < -0.39 is 17.2 Å². The molecule has 2 heterocycles. The molecule has 0 aliphatic carbocycles. The van der Waals surface area contributed by atoms with Gasteiger partial charge in [-0.15, -0.1) is 0 Å². The molecular formula is C18H18FN3O3. The minimum atomic E-state index is -0.947. The number of hydrogen-bond acceptors (Lipinski definition) is 4. The fourth-order valence-corrected chi connectivity index (χ4v) is 2.85. The van der Waals surface area contributed by atoms with Gasteiger partial charge in [0.05, 0.1) is 16.7 Å². The smallest absolute Gasteiger partial charge is 0.311 e. The number of rotatable bonds is 4. The van der Waals surface area contributed by atoms with Gasteiger partial charge >= 0.3 is 5.97 Å². The molecule has 1 atom stereocenters. The fourth-order valence-electron chi connectivity index (χ4n) is 2.85. The summed E-state index contributed by atoms with van der Waals surface area (Å²) in [5, 5.41) is 12.2. The van der Waals surface area contributed by atoms with Gasteiger partial charge in [0.1, 0.15) is 11.6 Å². The Kier molecular flexibility index (Phi) is 4.39. The van der Waals surface area contributed by atoms with Crippen molar-refractivity contribution in [3.63, 3.8) is 0 Å². The van der Waals surface area contributed by atoms with Crippen LogP contribution in [0.1, 0.15) is 23.7 Å². The molecule has 2 aromatic rings. The number of anilines is 2. The zero-order chi connectivity index (χ0) is 18.0. The number of hydrogen-bond donors (Lipinski definition) is 2. The number of likely N-dealkylation sites (tertiary alicyclic amines) is 1. The van der Waals surface area contributed by atoms with Gasteiger partial charge in [-0.2, -0.15) is 0 Å². The van der Waals surface area contributed by atoms with E-state index in [1.807, 2.05) is 0 Å². The quantitative estimate of drug-likeness (QED) is 0.892. The van der Waals surface area contributed by atoms with E-state index in [1.54, 1.807) is 37.3 Å². The number of amides is 1. The van der Waals surface area contributed by atoms with E-state index in [0.717, 1.165) is 0 Å². The van der Waals surface area contributed by atoms with E-state index in [2.05, 4.69) is 10.3 Å². The molecule has 1 fully saturated rings. The first-order chi connectivity index (χ1) is 11.9. The molecule has 3 rings (SSSR count). The number of carboxylic acid groups (broad SMARTS) is 1. The number of pyridine rings is 1. The van der Waals surface area contributed by atoms with E-state index in [0.29, 0.717) is 13.0 Å². The predicted octanol–water partition coefficient (Wildman–Crippen LogP) is 2.90. The first kappa shape index (κ1) is 16.9. The van der Waals surface area contributed by atoms with Gasteiger partial charge in [-0.05, 0) is 37.6 Å². The maximum atomic E-state index is 13.8. The van der Waals surface area contributed by atoms with Crippen LogP contribution in [0.2, 0.25) is 0 Å². The Morgan fingerprint density at radius 1 is 1.28 bits per heavy atom. The zero-order valence-corrected chi connectivity index (χ0v) is 13.7. The van der Waals surface area contributed by atoms with E-state index in [-0.39, 0.29) is 29.5 Å². The summed E-state index contributed by atoms with van der Waals surface area (Å²) in [5.74, 6) is -1.46. The van der Waals surface area contributed by atoms with Crippen LogP contribution in [0.3, 0.4) is 0 Å². The normalized spacial score (nSPS) is 19.7. The van der Waals surface area contributed by atoms with E-state index in [1.165, 1.54) is 17.2 Å². The summed E-state index contributed by atoms with van der Waals surface area (Å²) in [6.45, 7) is 2.12. The predicted molar refractivity (Wildman–Crippen MR) is 90.2 cm³/mol. The molecule has 0 spiro atoms. The number of carbonyl (C=O) groups is 2. The highest BCUT2D eigenvalue weighted by Crippen LogP contribution is 2.32. The van der Waals surface area contributed by atoms with Crippen molar-refractivity contribution in [3.05, 3.63) is 54.0 Å². The number of halogens is 1. The Balaban J connectivity index is 1.85. The van der Waals surface area contributed by atoms with Crippen molar-refractivity contribution in [1.29, 1.82) is 0 Å². The average molecular weight is 343 g/mol. The number of benzene rings is 1. The third-order valence-corrected chi connectivity index (χ3v) is 4.44. The van der Waals surface area contributed by atoms with Gasteiger partial charge in [0.2, 0.25) is 0 Å².